The third-order valence-corrected chi connectivity index (χ3v) is 5.03. The number of morpholine rings is 1. The monoisotopic (exact) mass is 422 g/mol. The van der Waals surface area contributed by atoms with Crippen molar-refractivity contribution in [3.05, 3.63) is 58.9 Å². The van der Waals surface area contributed by atoms with Gasteiger partial charge in [-0.3, -0.25) is 9.69 Å². The molecule has 8 heteroatoms. The normalized spacial score (nSPS) is 15.6. The molecule has 0 bridgehead atoms. The lowest BCUT2D eigenvalue weighted by Gasteiger charge is -2.35. The average Bonchev–Trinajstić information content (AvgIpc) is 2.74. The summed E-state index contributed by atoms with van der Waals surface area (Å²) in [5, 5.41) is 3.04. The van der Waals surface area contributed by atoms with Crippen molar-refractivity contribution in [3.8, 4) is 11.5 Å². The number of ether oxygens (including phenoxy) is 3. The summed E-state index contributed by atoms with van der Waals surface area (Å²) in [7, 11) is 1.63. The van der Waals surface area contributed by atoms with Gasteiger partial charge >= 0.3 is 0 Å². The highest BCUT2D eigenvalue weighted by atomic mass is 35.5. The number of benzene rings is 2. The highest BCUT2D eigenvalue weighted by molar-refractivity contribution is 6.32. The molecule has 2 aromatic carbocycles. The van der Waals surface area contributed by atoms with Crippen molar-refractivity contribution in [3.63, 3.8) is 0 Å². The van der Waals surface area contributed by atoms with Crippen LogP contribution in [0.1, 0.15) is 11.6 Å². The standard InChI is InChI=1S/C21H24ClFN2O4/c1-27-17-5-2-15(3-6-17)19(25-8-10-28-11-9-25)13-24-21(26)14-29-20-7-4-16(23)12-18(20)22/h2-7,12,19H,8-11,13-14H2,1H3,(H,24,26)/t19-/m0/s1. The van der Waals surface area contributed by atoms with Gasteiger partial charge < -0.3 is 19.5 Å². The van der Waals surface area contributed by atoms with E-state index >= 15 is 0 Å². The molecule has 0 radical (unpaired) electrons. The molecule has 1 aliphatic heterocycles. The largest absolute Gasteiger partial charge is 0.497 e. The van der Waals surface area contributed by atoms with Gasteiger partial charge in [0.1, 0.15) is 17.3 Å². The molecule has 1 amide bonds. The first-order valence-corrected chi connectivity index (χ1v) is 9.75. The second-order valence-corrected chi connectivity index (χ2v) is 7.01. The first-order chi connectivity index (χ1) is 14.1. The van der Waals surface area contributed by atoms with Crippen molar-refractivity contribution in [1.82, 2.24) is 10.2 Å². The summed E-state index contributed by atoms with van der Waals surface area (Å²) in [6.45, 7) is 3.11. The minimum Gasteiger partial charge on any atom is -0.497 e. The first kappa shape index (κ1) is 21.4. The summed E-state index contributed by atoms with van der Waals surface area (Å²) in [6, 6.07) is 11.6. The minimum atomic E-state index is -0.459. The minimum absolute atomic E-state index is 0.00293. The Balaban J connectivity index is 1.60. The van der Waals surface area contributed by atoms with Gasteiger partial charge in [0.05, 0.1) is 31.4 Å². The molecular weight excluding hydrogens is 399 g/mol. The maximum atomic E-state index is 13.1. The molecule has 0 saturated carbocycles. The molecular formula is C21H24ClFN2O4. The van der Waals surface area contributed by atoms with E-state index < -0.39 is 5.82 Å². The Hall–Kier alpha value is -2.35. The van der Waals surface area contributed by atoms with E-state index in [1.807, 2.05) is 24.3 Å². The van der Waals surface area contributed by atoms with Crippen LogP contribution in [0, 0.1) is 5.82 Å². The number of halogens is 2. The summed E-state index contributed by atoms with van der Waals surface area (Å²) in [4.78, 5) is 14.6. The van der Waals surface area contributed by atoms with Crippen LogP contribution in [-0.4, -0.2) is 57.4 Å². The lowest BCUT2D eigenvalue weighted by Crippen LogP contribution is -2.44. The lowest BCUT2D eigenvalue weighted by molar-refractivity contribution is -0.123. The summed E-state index contributed by atoms with van der Waals surface area (Å²) in [5.74, 6) is 0.308. The second-order valence-electron chi connectivity index (χ2n) is 6.60. The summed E-state index contributed by atoms with van der Waals surface area (Å²) in [5.41, 5.74) is 1.08. The Kier molecular flexibility index (Phi) is 7.69. The van der Waals surface area contributed by atoms with E-state index in [1.54, 1.807) is 7.11 Å². The molecule has 1 heterocycles. The van der Waals surface area contributed by atoms with Crippen LogP contribution in [0.3, 0.4) is 0 Å². The van der Waals surface area contributed by atoms with Gasteiger partial charge in [0.25, 0.3) is 5.91 Å². The summed E-state index contributed by atoms with van der Waals surface area (Å²) in [6.07, 6.45) is 0. The van der Waals surface area contributed by atoms with Crippen LogP contribution in [0.25, 0.3) is 0 Å². The Morgan fingerprint density at radius 3 is 2.62 bits per heavy atom. The van der Waals surface area contributed by atoms with E-state index in [1.165, 1.54) is 12.1 Å². The van der Waals surface area contributed by atoms with E-state index in [2.05, 4.69) is 10.2 Å². The van der Waals surface area contributed by atoms with E-state index in [4.69, 9.17) is 25.8 Å². The smallest absolute Gasteiger partial charge is 0.258 e. The van der Waals surface area contributed by atoms with E-state index in [9.17, 15) is 9.18 Å². The SMILES string of the molecule is COc1ccc([C@H](CNC(=O)COc2ccc(F)cc2Cl)N2CCOCC2)cc1. The molecule has 1 fully saturated rings. The first-order valence-electron chi connectivity index (χ1n) is 9.37. The fourth-order valence-corrected chi connectivity index (χ4v) is 3.39. The van der Waals surface area contributed by atoms with Crippen LogP contribution in [-0.2, 0) is 9.53 Å². The average molecular weight is 423 g/mol. The number of methoxy groups -OCH3 is 1. The van der Waals surface area contributed by atoms with Gasteiger partial charge in [-0.25, -0.2) is 4.39 Å². The van der Waals surface area contributed by atoms with Crippen molar-refractivity contribution in [1.29, 1.82) is 0 Å². The predicted molar refractivity (Wildman–Crippen MR) is 108 cm³/mol. The van der Waals surface area contributed by atoms with Crippen LogP contribution < -0.4 is 14.8 Å². The number of hydrogen-bond donors (Lipinski definition) is 1. The highest BCUT2D eigenvalue weighted by Gasteiger charge is 2.23. The number of carbonyl (C=O) groups is 1. The number of nitrogens with zero attached hydrogens (tertiary/aromatic N) is 1. The van der Waals surface area contributed by atoms with Crippen molar-refractivity contribution in [2.45, 2.75) is 6.04 Å². The molecule has 1 saturated heterocycles. The quantitative estimate of drug-likeness (QED) is 0.708. The molecule has 1 aliphatic rings. The molecule has 0 spiro atoms. The van der Waals surface area contributed by atoms with Gasteiger partial charge in [-0.05, 0) is 35.9 Å². The predicted octanol–water partition coefficient (Wildman–Crippen LogP) is 3.06. The third-order valence-electron chi connectivity index (χ3n) is 4.73. The Morgan fingerprint density at radius 2 is 1.97 bits per heavy atom. The van der Waals surface area contributed by atoms with Crippen LogP contribution in [0.2, 0.25) is 5.02 Å². The van der Waals surface area contributed by atoms with Gasteiger partial charge in [0.15, 0.2) is 6.61 Å². The molecule has 29 heavy (non-hydrogen) atoms. The lowest BCUT2D eigenvalue weighted by atomic mass is 10.0. The van der Waals surface area contributed by atoms with E-state index in [0.717, 1.165) is 30.5 Å². The summed E-state index contributed by atoms with van der Waals surface area (Å²) >= 11 is 5.92. The third kappa shape index (κ3) is 6.06. The Labute approximate surface area is 174 Å². The van der Waals surface area contributed by atoms with E-state index in [-0.39, 0.29) is 29.3 Å². The zero-order chi connectivity index (χ0) is 20.6. The van der Waals surface area contributed by atoms with Crippen LogP contribution in [0.5, 0.6) is 11.5 Å². The molecule has 0 unspecified atom stereocenters. The van der Waals surface area contributed by atoms with Crippen molar-refractivity contribution >= 4 is 17.5 Å². The maximum Gasteiger partial charge on any atom is 0.258 e. The van der Waals surface area contributed by atoms with Crippen molar-refractivity contribution in [2.75, 3.05) is 46.6 Å². The number of nitrogens with one attached hydrogen (secondary N) is 1. The van der Waals surface area contributed by atoms with Crippen LogP contribution in [0.15, 0.2) is 42.5 Å². The fraction of sp³-hybridized carbons (Fsp3) is 0.381. The molecule has 1 atom stereocenters. The molecule has 6 nitrogen and oxygen atoms in total. The van der Waals surface area contributed by atoms with Gasteiger partial charge in [0.2, 0.25) is 0 Å². The molecule has 1 N–H and O–H groups in total. The zero-order valence-corrected chi connectivity index (χ0v) is 17.0. The Bertz CT molecular complexity index is 813. The molecule has 0 aromatic heterocycles. The van der Waals surface area contributed by atoms with Crippen LogP contribution in [0.4, 0.5) is 4.39 Å². The topological polar surface area (TPSA) is 60.0 Å². The molecule has 0 aliphatic carbocycles. The number of rotatable bonds is 8. The molecule has 156 valence electrons. The highest BCUT2D eigenvalue weighted by Crippen LogP contribution is 2.25. The van der Waals surface area contributed by atoms with Crippen molar-refractivity contribution in [2.24, 2.45) is 0 Å². The second kappa shape index (κ2) is 10.4. The van der Waals surface area contributed by atoms with Gasteiger partial charge in [0, 0.05) is 19.6 Å². The molecule has 2 aromatic rings. The fourth-order valence-electron chi connectivity index (χ4n) is 3.17. The number of amides is 1. The number of carbonyl (C=O) groups excluding carboxylic acids is 1. The Morgan fingerprint density at radius 1 is 1.24 bits per heavy atom. The number of hydrogen-bond acceptors (Lipinski definition) is 5. The van der Waals surface area contributed by atoms with E-state index in [0.29, 0.717) is 19.8 Å². The van der Waals surface area contributed by atoms with Crippen LogP contribution >= 0.6 is 11.6 Å². The summed E-state index contributed by atoms with van der Waals surface area (Å²) < 4.78 is 29.2. The van der Waals surface area contributed by atoms with Gasteiger partial charge in [-0.15, -0.1) is 0 Å². The molecule has 3 rings (SSSR count). The maximum absolute atomic E-state index is 13.1. The van der Waals surface area contributed by atoms with Gasteiger partial charge in [-0.1, -0.05) is 23.7 Å². The zero-order valence-electron chi connectivity index (χ0n) is 16.2. The van der Waals surface area contributed by atoms with Crippen molar-refractivity contribution < 1.29 is 23.4 Å². The van der Waals surface area contributed by atoms with Gasteiger partial charge in [-0.2, -0.15) is 0 Å².